The average Bonchev–Trinajstić information content (AvgIpc) is 2.13. The van der Waals surface area contributed by atoms with E-state index in [1.807, 2.05) is 25.1 Å². The van der Waals surface area contributed by atoms with Gasteiger partial charge in [0.15, 0.2) is 0 Å². The molecule has 0 fully saturated rings. The minimum atomic E-state index is 0.527. The highest BCUT2D eigenvalue weighted by atomic mass is 35.5. The summed E-state index contributed by atoms with van der Waals surface area (Å²) in [5, 5.41) is 0.679. The van der Waals surface area contributed by atoms with Crippen LogP contribution in [0.1, 0.15) is 5.56 Å². The van der Waals surface area contributed by atoms with E-state index >= 15 is 0 Å². The maximum absolute atomic E-state index is 6.01. The lowest BCUT2D eigenvalue weighted by Gasteiger charge is -2.08. The Hall–Kier alpha value is -0.730. The number of rotatable bonds is 4. The van der Waals surface area contributed by atoms with Gasteiger partial charge in [0.2, 0.25) is 0 Å². The third-order valence-electron chi connectivity index (χ3n) is 1.70. The van der Waals surface area contributed by atoms with Crippen LogP contribution in [0.15, 0.2) is 18.2 Å². The molecule has 0 radical (unpaired) electrons. The van der Waals surface area contributed by atoms with Gasteiger partial charge in [-0.2, -0.15) is 0 Å². The third-order valence-corrected chi connectivity index (χ3v) is 2.19. The maximum atomic E-state index is 6.01. The van der Waals surface area contributed by atoms with Gasteiger partial charge in [0.1, 0.15) is 12.4 Å². The van der Waals surface area contributed by atoms with E-state index in [2.05, 4.69) is 0 Å². The van der Waals surface area contributed by atoms with Gasteiger partial charge in [0, 0.05) is 7.11 Å². The van der Waals surface area contributed by atoms with Crippen LogP contribution in [0, 0.1) is 6.92 Å². The number of hydrogen-bond acceptors (Lipinski definition) is 2. The molecule has 13 heavy (non-hydrogen) atoms. The summed E-state index contributed by atoms with van der Waals surface area (Å²) < 4.78 is 10.3. The van der Waals surface area contributed by atoms with Gasteiger partial charge in [-0.1, -0.05) is 23.7 Å². The fraction of sp³-hybridized carbons (Fsp3) is 0.400. The molecule has 0 aliphatic carbocycles. The standard InChI is InChI=1S/C10H13ClO2/c1-8-4-3-5-9(10(8)11)13-7-6-12-2/h3-5H,6-7H2,1-2H3. The monoisotopic (exact) mass is 200 g/mol. The highest BCUT2D eigenvalue weighted by molar-refractivity contribution is 6.32. The first-order valence-electron chi connectivity index (χ1n) is 4.12. The van der Waals surface area contributed by atoms with Gasteiger partial charge < -0.3 is 9.47 Å². The van der Waals surface area contributed by atoms with E-state index in [0.29, 0.717) is 18.2 Å². The van der Waals surface area contributed by atoms with E-state index in [9.17, 15) is 0 Å². The molecule has 0 saturated carbocycles. The summed E-state index contributed by atoms with van der Waals surface area (Å²) in [6.07, 6.45) is 0. The van der Waals surface area contributed by atoms with Crippen molar-refractivity contribution in [3.05, 3.63) is 28.8 Å². The zero-order chi connectivity index (χ0) is 9.68. The Kier molecular flexibility index (Phi) is 4.06. The normalized spacial score (nSPS) is 10.1. The lowest BCUT2D eigenvalue weighted by molar-refractivity contribution is 0.146. The van der Waals surface area contributed by atoms with E-state index in [1.54, 1.807) is 7.11 Å². The van der Waals surface area contributed by atoms with Gasteiger partial charge in [-0.25, -0.2) is 0 Å². The zero-order valence-corrected chi connectivity index (χ0v) is 8.60. The van der Waals surface area contributed by atoms with Crippen LogP contribution in [0.2, 0.25) is 5.02 Å². The molecule has 3 heteroatoms. The second-order valence-corrected chi connectivity index (χ2v) is 3.11. The highest BCUT2D eigenvalue weighted by Gasteiger charge is 2.02. The molecule has 0 aliphatic rings. The average molecular weight is 201 g/mol. The molecule has 1 aromatic rings. The Balaban J connectivity index is 2.61. The molecular formula is C10H13ClO2. The fourth-order valence-electron chi connectivity index (χ4n) is 0.967. The lowest BCUT2D eigenvalue weighted by Crippen LogP contribution is -2.04. The molecule has 0 bridgehead atoms. The number of methoxy groups -OCH3 is 1. The largest absolute Gasteiger partial charge is 0.490 e. The molecule has 0 atom stereocenters. The SMILES string of the molecule is COCCOc1cccc(C)c1Cl. The van der Waals surface area contributed by atoms with Crippen LogP contribution < -0.4 is 4.74 Å². The smallest absolute Gasteiger partial charge is 0.138 e. The van der Waals surface area contributed by atoms with Crippen LogP contribution >= 0.6 is 11.6 Å². The Morgan fingerprint density at radius 3 is 2.77 bits per heavy atom. The molecule has 1 rings (SSSR count). The number of benzene rings is 1. The van der Waals surface area contributed by atoms with Crippen molar-refractivity contribution in [2.45, 2.75) is 6.92 Å². The third kappa shape index (κ3) is 2.90. The molecule has 0 saturated heterocycles. The first-order chi connectivity index (χ1) is 6.25. The van der Waals surface area contributed by atoms with Gasteiger partial charge in [0.05, 0.1) is 11.6 Å². The van der Waals surface area contributed by atoms with Crippen LogP contribution in [-0.2, 0) is 4.74 Å². The Labute approximate surface area is 83.4 Å². The lowest BCUT2D eigenvalue weighted by atomic mass is 10.2. The molecule has 0 heterocycles. The summed E-state index contributed by atoms with van der Waals surface area (Å²) in [6.45, 7) is 3.05. The minimum Gasteiger partial charge on any atom is -0.490 e. The molecule has 0 amide bonds. The molecule has 2 nitrogen and oxygen atoms in total. The van der Waals surface area contributed by atoms with Crippen LogP contribution in [-0.4, -0.2) is 20.3 Å². The van der Waals surface area contributed by atoms with Gasteiger partial charge in [-0.05, 0) is 18.6 Å². The van der Waals surface area contributed by atoms with E-state index in [0.717, 1.165) is 11.3 Å². The van der Waals surface area contributed by atoms with Crippen molar-refractivity contribution in [2.75, 3.05) is 20.3 Å². The quantitative estimate of drug-likeness (QED) is 0.696. The zero-order valence-electron chi connectivity index (χ0n) is 7.84. The van der Waals surface area contributed by atoms with Gasteiger partial charge in [-0.3, -0.25) is 0 Å². The van der Waals surface area contributed by atoms with Crippen molar-refractivity contribution >= 4 is 11.6 Å². The summed E-state index contributed by atoms with van der Waals surface area (Å²) in [4.78, 5) is 0. The number of ether oxygens (including phenoxy) is 2. The second kappa shape index (κ2) is 5.10. The van der Waals surface area contributed by atoms with Crippen LogP contribution in [0.4, 0.5) is 0 Å². The van der Waals surface area contributed by atoms with Gasteiger partial charge >= 0.3 is 0 Å². The molecule has 0 N–H and O–H groups in total. The maximum Gasteiger partial charge on any atom is 0.138 e. The summed E-state index contributed by atoms with van der Waals surface area (Å²) in [5.41, 5.74) is 1.02. The molecule has 0 aromatic heterocycles. The first-order valence-corrected chi connectivity index (χ1v) is 4.50. The predicted molar refractivity (Wildman–Crippen MR) is 53.6 cm³/mol. The minimum absolute atomic E-state index is 0.527. The highest BCUT2D eigenvalue weighted by Crippen LogP contribution is 2.27. The van der Waals surface area contributed by atoms with E-state index < -0.39 is 0 Å². The van der Waals surface area contributed by atoms with Crippen molar-refractivity contribution in [1.29, 1.82) is 0 Å². The molecular weight excluding hydrogens is 188 g/mol. The fourth-order valence-corrected chi connectivity index (χ4v) is 1.15. The summed E-state index contributed by atoms with van der Waals surface area (Å²) >= 11 is 6.01. The molecule has 0 spiro atoms. The Morgan fingerprint density at radius 2 is 2.08 bits per heavy atom. The Bertz CT molecular complexity index is 274. The van der Waals surface area contributed by atoms with Gasteiger partial charge in [0.25, 0.3) is 0 Å². The topological polar surface area (TPSA) is 18.5 Å². The molecule has 0 unspecified atom stereocenters. The van der Waals surface area contributed by atoms with E-state index in [1.165, 1.54) is 0 Å². The number of halogens is 1. The summed E-state index contributed by atoms with van der Waals surface area (Å²) in [7, 11) is 1.64. The summed E-state index contributed by atoms with van der Waals surface area (Å²) in [6, 6.07) is 5.72. The summed E-state index contributed by atoms with van der Waals surface area (Å²) in [5.74, 6) is 0.721. The van der Waals surface area contributed by atoms with Crippen LogP contribution in [0.5, 0.6) is 5.75 Å². The predicted octanol–water partition coefficient (Wildman–Crippen LogP) is 2.67. The number of aryl methyl sites for hydroxylation is 1. The van der Waals surface area contributed by atoms with Crippen molar-refractivity contribution < 1.29 is 9.47 Å². The van der Waals surface area contributed by atoms with E-state index in [-0.39, 0.29) is 0 Å². The van der Waals surface area contributed by atoms with Crippen molar-refractivity contribution in [1.82, 2.24) is 0 Å². The van der Waals surface area contributed by atoms with Crippen molar-refractivity contribution in [2.24, 2.45) is 0 Å². The molecule has 72 valence electrons. The second-order valence-electron chi connectivity index (χ2n) is 2.73. The van der Waals surface area contributed by atoms with Gasteiger partial charge in [-0.15, -0.1) is 0 Å². The van der Waals surface area contributed by atoms with E-state index in [4.69, 9.17) is 21.1 Å². The first kappa shape index (κ1) is 10.4. The van der Waals surface area contributed by atoms with Crippen LogP contribution in [0.3, 0.4) is 0 Å². The Morgan fingerprint density at radius 1 is 1.31 bits per heavy atom. The molecule has 0 aliphatic heterocycles. The molecule has 1 aromatic carbocycles. The van der Waals surface area contributed by atoms with Crippen molar-refractivity contribution in [3.8, 4) is 5.75 Å². The van der Waals surface area contributed by atoms with Crippen molar-refractivity contribution in [3.63, 3.8) is 0 Å². The number of hydrogen-bond donors (Lipinski definition) is 0. The van der Waals surface area contributed by atoms with Crippen LogP contribution in [0.25, 0.3) is 0 Å².